The normalized spacial score (nSPS) is 20.3. The van der Waals surface area contributed by atoms with Gasteiger partial charge < -0.3 is 9.88 Å². The van der Waals surface area contributed by atoms with Crippen LogP contribution in [-0.4, -0.2) is 16.5 Å². The minimum absolute atomic E-state index is 0.0255. The van der Waals surface area contributed by atoms with Crippen LogP contribution in [-0.2, 0) is 6.54 Å². The summed E-state index contributed by atoms with van der Waals surface area (Å²) >= 11 is 3.45. The van der Waals surface area contributed by atoms with Crippen LogP contribution < -0.4 is 5.32 Å². The molecule has 1 saturated carbocycles. The van der Waals surface area contributed by atoms with Crippen molar-refractivity contribution >= 4 is 21.8 Å². The number of carbonyl (C=O) groups is 1. The van der Waals surface area contributed by atoms with Crippen molar-refractivity contribution in [1.82, 2.24) is 9.88 Å². The van der Waals surface area contributed by atoms with E-state index in [1.165, 1.54) is 5.56 Å². The lowest BCUT2D eigenvalue weighted by Gasteiger charge is -2.08. The van der Waals surface area contributed by atoms with E-state index in [1.807, 2.05) is 22.9 Å². The SMILES string of the molecule is CCCn1cc(Br)cc1C(=O)NC1CC1c1ccccc1. The van der Waals surface area contributed by atoms with E-state index in [4.69, 9.17) is 0 Å². The van der Waals surface area contributed by atoms with Crippen molar-refractivity contribution in [1.29, 1.82) is 0 Å². The van der Waals surface area contributed by atoms with Crippen LogP contribution in [0.2, 0.25) is 0 Å². The van der Waals surface area contributed by atoms with Crippen LogP contribution >= 0.6 is 15.9 Å². The van der Waals surface area contributed by atoms with E-state index in [2.05, 4.69) is 52.4 Å². The highest BCUT2D eigenvalue weighted by Crippen LogP contribution is 2.40. The fourth-order valence-electron chi connectivity index (χ4n) is 2.76. The van der Waals surface area contributed by atoms with Gasteiger partial charge in [0.1, 0.15) is 5.69 Å². The summed E-state index contributed by atoms with van der Waals surface area (Å²) in [5.74, 6) is 0.491. The molecule has 4 heteroatoms. The number of hydrogen-bond donors (Lipinski definition) is 1. The van der Waals surface area contributed by atoms with E-state index in [1.54, 1.807) is 0 Å². The molecular weight excluding hydrogens is 328 g/mol. The van der Waals surface area contributed by atoms with E-state index in [0.717, 1.165) is 29.6 Å². The van der Waals surface area contributed by atoms with Gasteiger partial charge in [-0.15, -0.1) is 0 Å². The van der Waals surface area contributed by atoms with Gasteiger partial charge in [0.15, 0.2) is 0 Å². The van der Waals surface area contributed by atoms with Gasteiger partial charge in [0.2, 0.25) is 0 Å². The molecule has 1 heterocycles. The Kier molecular flexibility index (Phi) is 4.15. The number of halogens is 1. The molecule has 2 aromatic rings. The van der Waals surface area contributed by atoms with E-state index in [0.29, 0.717) is 5.92 Å². The summed E-state index contributed by atoms with van der Waals surface area (Å²) in [5.41, 5.74) is 2.05. The van der Waals surface area contributed by atoms with Crippen molar-refractivity contribution in [2.75, 3.05) is 0 Å². The zero-order valence-electron chi connectivity index (χ0n) is 12.1. The Morgan fingerprint density at radius 2 is 2.14 bits per heavy atom. The molecule has 21 heavy (non-hydrogen) atoms. The molecule has 2 unspecified atom stereocenters. The van der Waals surface area contributed by atoms with Gasteiger partial charge in [0, 0.05) is 29.2 Å². The highest BCUT2D eigenvalue weighted by Gasteiger charge is 2.39. The molecule has 1 fully saturated rings. The number of aryl methyl sites for hydroxylation is 1. The molecular formula is C17H19BrN2O. The fraction of sp³-hybridized carbons (Fsp3) is 0.353. The Bertz CT molecular complexity index is 635. The van der Waals surface area contributed by atoms with Crippen molar-refractivity contribution in [3.8, 4) is 0 Å². The van der Waals surface area contributed by atoms with Crippen molar-refractivity contribution in [3.05, 3.63) is 58.3 Å². The third-order valence-electron chi connectivity index (χ3n) is 3.90. The predicted molar refractivity (Wildman–Crippen MR) is 87.5 cm³/mol. The first-order valence-corrected chi connectivity index (χ1v) is 8.20. The summed E-state index contributed by atoms with van der Waals surface area (Å²) in [6.07, 6.45) is 4.02. The van der Waals surface area contributed by atoms with Gasteiger partial charge in [-0.1, -0.05) is 37.3 Å². The highest BCUT2D eigenvalue weighted by atomic mass is 79.9. The van der Waals surface area contributed by atoms with Gasteiger partial charge in [-0.2, -0.15) is 0 Å². The fourth-order valence-corrected chi connectivity index (χ4v) is 3.22. The number of carbonyl (C=O) groups excluding carboxylic acids is 1. The molecule has 0 spiro atoms. The first-order chi connectivity index (χ1) is 10.2. The largest absolute Gasteiger partial charge is 0.347 e. The minimum Gasteiger partial charge on any atom is -0.347 e. The molecule has 1 aliphatic carbocycles. The Morgan fingerprint density at radius 1 is 1.38 bits per heavy atom. The Hall–Kier alpha value is -1.55. The zero-order chi connectivity index (χ0) is 14.8. The summed E-state index contributed by atoms with van der Waals surface area (Å²) < 4.78 is 2.97. The van der Waals surface area contributed by atoms with Crippen molar-refractivity contribution < 1.29 is 4.79 Å². The van der Waals surface area contributed by atoms with Crippen LogP contribution in [0.3, 0.4) is 0 Å². The maximum atomic E-state index is 12.4. The van der Waals surface area contributed by atoms with Crippen LogP contribution in [0.4, 0.5) is 0 Å². The molecule has 110 valence electrons. The summed E-state index contributed by atoms with van der Waals surface area (Å²) in [5, 5.41) is 3.15. The molecule has 1 aromatic heterocycles. The smallest absolute Gasteiger partial charge is 0.268 e. The first-order valence-electron chi connectivity index (χ1n) is 7.40. The third-order valence-corrected chi connectivity index (χ3v) is 4.33. The Balaban J connectivity index is 1.66. The first kappa shape index (κ1) is 14.4. The molecule has 1 aliphatic rings. The molecule has 3 rings (SSSR count). The summed E-state index contributed by atoms with van der Waals surface area (Å²) in [7, 11) is 0. The molecule has 0 aliphatic heterocycles. The molecule has 0 radical (unpaired) electrons. The highest BCUT2D eigenvalue weighted by molar-refractivity contribution is 9.10. The Labute approximate surface area is 133 Å². The second-order valence-corrected chi connectivity index (χ2v) is 6.49. The van der Waals surface area contributed by atoms with E-state index in [-0.39, 0.29) is 11.9 Å². The number of amides is 1. The second-order valence-electron chi connectivity index (χ2n) is 5.57. The average Bonchev–Trinajstić information content (AvgIpc) is 3.15. The standard InChI is InChI=1S/C17H19BrN2O/c1-2-8-20-11-13(18)9-16(20)17(21)19-15-10-14(15)12-6-4-3-5-7-12/h3-7,9,11,14-15H,2,8,10H2,1H3,(H,19,21). The summed E-state index contributed by atoms with van der Waals surface area (Å²) in [4.78, 5) is 12.4. The van der Waals surface area contributed by atoms with Gasteiger partial charge >= 0.3 is 0 Å². The van der Waals surface area contributed by atoms with Gasteiger partial charge in [0.05, 0.1) is 0 Å². The van der Waals surface area contributed by atoms with E-state index < -0.39 is 0 Å². The van der Waals surface area contributed by atoms with E-state index in [9.17, 15) is 4.79 Å². The van der Waals surface area contributed by atoms with E-state index >= 15 is 0 Å². The van der Waals surface area contributed by atoms with Gasteiger partial charge in [-0.3, -0.25) is 4.79 Å². The lowest BCUT2D eigenvalue weighted by molar-refractivity contribution is 0.0941. The number of aromatic nitrogens is 1. The van der Waals surface area contributed by atoms with Crippen LogP contribution in [0.15, 0.2) is 47.1 Å². The third kappa shape index (κ3) is 3.21. The van der Waals surface area contributed by atoms with Crippen molar-refractivity contribution in [2.24, 2.45) is 0 Å². The quantitative estimate of drug-likeness (QED) is 0.873. The maximum Gasteiger partial charge on any atom is 0.268 e. The molecule has 2 atom stereocenters. The van der Waals surface area contributed by atoms with Gasteiger partial charge in [-0.25, -0.2) is 0 Å². The topological polar surface area (TPSA) is 34.0 Å². The summed E-state index contributed by atoms with van der Waals surface area (Å²) in [6, 6.07) is 12.6. The molecule has 3 nitrogen and oxygen atoms in total. The molecule has 1 amide bonds. The maximum absolute atomic E-state index is 12.4. The molecule has 0 bridgehead atoms. The van der Waals surface area contributed by atoms with Crippen LogP contribution in [0.25, 0.3) is 0 Å². The lowest BCUT2D eigenvalue weighted by atomic mass is 10.1. The summed E-state index contributed by atoms with van der Waals surface area (Å²) in [6.45, 7) is 2.98. The van der Waals surface area contributed by atoms with Crippen molar-refractivity contribution in [3.63, 3.8) is 0 Å². The molecule has 0 saturated heterocycles. The van der Waals surface area contributed by atoms with Gasteiger partial charge in [-0.05, 0) is 40.4 Å². The number of benzene rings is 1. The predicted octanol–water partition coefficient (Wildman–Crippen LogP) is 3.95. The zero-order valence-corrected chi connectivity index (χ0v) is 13.6. The number of nitrogens with one attached hydrogen (secondary N) is 1. The number of nitrogens with zero attached hydrogens (tertiary/aromatic N) is 1. The van der Waals surface area contributed by atoms with Crippen LogP contribution in [0.5, 0.6) is 0 Å². The Morgan fingerprint density at radius 3 is 2.86 bits per heavy atom. The van der Waals surface area contributed by atoms with Crippen LogP contribution in [0, 0.1) is 0 Å². The monoisotopic (exact) mass is 346 g/mol. The van der Waals surface area contributed by atoms with Crippen molar-refractivity contribution in [2.45, 2.75) is 38.3 Å². The number of rotatable bonds is 5. The molecule has 1 N–H and O–H groups in total. The second kappa shape index (κ2) is 6.06. The average molecular weight is 347 g/mol. The molecule has 1 aromatic carbocycles. The lowest BCUT2D eigenvalue weighted by Crippen LogP contribution is -2.28. The van der Waals surface area contributed by atoms with Gasteiger partial charge in [0.25, 0.3) is 5.91 Å². The number of hydrogen-bond acceptors (Lipinski definition) is 1. The minimum atomic E-state index is 0.0255. The van der Waals surface area contributed by atoms with Crippen LogP contribution in [0.1, 0.15) is 41.7 Å².